The standard InChI is InChI=1S/C10H9BrClFO2/c1-6(14)10(11)9-7(12)3-2-4-8(9)15-5-13/h2-4,10H,5H2,1H3. The van der Waals surface area contributed by atoms with Crippen LogP contribution in [0, 0.1) is 0 Å². The number of carbonyl (C=O) groups excluding carboxylic acids is 1. The molecule has 1 atom stereocenters. The molecular formula is C10H9BrClFO2. The second kappa shape index (κ2) is 5.47. The summed E-state index contributed by atoms with van der Waals surface area (Å²) in [7, 11) is 0. The molecule has 0 amide bonds. The Hall–Kier alpha value is -0.610. The average molecular weight is 296 g/mol. The van der Waals surface area contributed by atoms with Gasteiger partial charge in [-0.15, -0.1) is 0 Å². The highest BCUT2D eigenvalue weighted by Crippen LogP contribution is 2.37. The van der Waals surface area contributed by atoms with Crippen LogP contribution in [-0.2, 0) is 4.79 Å². The van der Waals surface area contributed by atoms with E-state index in [-0.39, 0.29) is 11.5 Å². The molecule has 0 heterocycles. The molecule has 1 aromatic carbocycles. The maximum absolute atomic E-state index is 12.1. The Balaban J connectivity index is 3.17. The van der Waals surface area contributed by atoms with Crippen LogP contribution in [0.1, 0.15) is 17.3 Å². The number of hydrogen-bond acceptors (Lipinski definition) is 2. The van der Waals surface area contributed by atoms with Crippen LogP contribution in [0.2, 0.25) is 5.02 Å². The number of hydrogen-bond donors (Lipinski definition) is 0. The molecule has 0 fully saturated rings. The zero-order valence-electron chi connectivity index (χ0n) is 7.97. The van der Waals surface area contributed by atoms with E-state index < -0.39 is 11.7 Å². The molecule has 5 heteroatoms. The maximum atomic E-state index is 12.1. The zero-order chi connectivity index (χ0) is 11.4. The van der Waals surface area contributed by atoms with Crippen molar-refractivity contribution in [1.82, 2.24) is 0 Å². The fourth-order valence-electron chi connectivity index (χ4n) is 1.15. The Labute approximate surface area is 101 Å². The smallest absolute Gasteiger partial charge is 0.228 e. The van der Waals surface area contributed by atoms with Crippen molar-refractivity contribution in [3.63, 3.8) is 0 Å². The quantitative estimate of drug-likeness (QED) is 0.792. The number of ether oxygens (including phenoxy) is 1. The molecule has 1 aromatic rings. The molecule has 0 radical (unpaired) electrons. The average Bonchev–Trinajstić information content (AvgIpc) is 2.17. The molecule has 0 aromatic heterocycles. The van der Waals surface area contributed by atoms with Gasteiger partial charge in [0.1, 0.15) is 16.4 Å². The number of carbonyl (C=O) groups is 1. The Kier molecular flexibility index (Phi) is 4.54. The lowest BCUT2D eigenvalue weighted by atomic mass is 10.1. The first-order chi connectivity index (χ1) is 7.07. The first kappa shape index (κ1) is 12.5. The summed E-state index contributed by atoms with van der Waals surface area (Å²) in [6.07, 6.45) is 0. The summed E-state index contributed by atoms with van der Waals surface area (Å²) < 4.78 is 16.8. The second-order valence-corrected chi connectivity index (χ2v) is 4.20. The summed E-state index contributed by atoms with van der Waals surface area (Å²) in [6.45, 7) is 0.465. The molecule has 15 heavy (non-hydrogen) atoms. The topological polar surface area (TPSA) is 26.3 Å². The van der Waals surface area contributed by atoms with Crippen molar-refractivity contribution in [2.75, 3.05) is 6.86 Å². The van der Waals surface area contributed by atoms with Crippen LogP contribution in [0.25, 0.3) is 0 Å². The van der Waals surface area contributed by atoms with Gasteiger partial charge in [-0.2, -0.15) is 0 Å². The molecule has 2 nitrogen and oxygen atoms in total. The summed E-state index contributed by atoms with van der Waals surface area (Å²) in [6, 6.07) is 4.83. The number of alkyl halides is 2. The van der Waals surface area contributed by atoms with E-state index in [1.807, 2.05) is 0 Å². The van der Waals surface area contributed by atoms with Crippen molar-refractivity contribution in [3.8, 4) is 5.75 Å². The normalized spacial score (nSPS) is 12.3. The molecule has 1 unspecified atom stereocenters. The number of benzene rings is 1. The zero-order valence-corrected chi connectivity index (χ0v) is 10.3. The van der Waals surface area contributed by atoms with E-state index in [2.05, 4.69) is 15.9 Å². The van der Waals surface area contributed by atoms with E-state index in [4.69, 9.17) is 16.3 Å². The van der Waals surface area contributed by atoms with E-state index in [0.717, 1.165) is 0 Å². The predicted octanol–water partition coefficient (Wildman–Crippen LogP) is 3.67. The molecular weight excluding hydrogens is 286 g/mol. The first-order valence-electron chi connectivity index (χ1n) is 4.19. The SMILES string of the molecule is CC(=O)C(Br)c1c(Cl)cccc1OCF. The highest BCUT2D eigenvalue weighted by Gasteiger charge is 2.20. The third kappa shape index (κ3) is 2.92. The third-order valence-electron chi connectivity index (χ3n) is 1.83. The molecule has 0 saturated heterocycles. The van der Waals surface area contributed by atoms with Crippen molar-refractivity contribution < 1.29 is 13.9 Å². The molecule has 0 saturated carbocycles. The summed E-state index contributed by atoms with van der Waals surface area (Å²) in [5, 5.41) is 0.373. The van der Waals surface area contributed by atoms with Crippen molar-refractivity contribution in [1.29, 1.82) is 0 Å². The Morgan fingerprint density at radius 1 is 1.67 bits per heavy atom. The lowest BCUT2D eigenvalue weighted by molar-refractivity contribution is -0.116. The van der Waals surface area contributed by atoms with Crippen LogP contribution < -0.4 is 4.74 Å². The van der Waals surface area contributed by atoms with Gasteiger partial charge in [0.25, 0.3) is 0 Å². The summed E-state index contributed by atoms with van der Waals surface area (Å²) in [5.41, 5.74) is 0.462. The number of Topliss-reactive ketones (excluding diaryl/α,β-unsaturated/α-hetero) is 1. The van der Waals surface area contributed by atoms with Gasteiger partial charge in [0, 0.05) is 10.6 Å². The largest absolute Gasteiger partial charge is 0.463 e. The van der Waals surface area contributed by atoms with Crippen LogP contribution in [0.4, 0.5) is 4.39 Å². The first-order valence-corrected chi connectivity index (χ1v) is 5.49. The van der Waals surface area contributed by atoms with Gasteiger partial charge in [0.15, 0.2) is 0 Å². The lowest BCUT2D eigenvalue weighted by Crippen LogP contribution is -2.05. The van der Waals surface area contributed by atoms with E-state index in [1.165, 1.54) is 6.92 Å². The molecule has 1 rings (SSSR count). The van der Waals surface area contributed by atoms with Crippen LogP contribution in [0.3, 0.4) is 0 Å². The van der Waals surface area contributed by atoms with E-state index >= 15 is 0 Å². The molecule has 0 N–H and O–H groups in total. The third-order valence-corrected chi connectivity index (χ3v) is 3.27. The molecule has 0 aliphatic heterocycles. The van der Waals surface area contributed by atoms with Gasteiger partial charge >= 0.3 is 0 Å². The van der Waals surface area contributed by atoms with Gasteiger partial charge < -0.3 is 4.74 Å². The molecule has 0 spiro atoms. The van der Waals surface area contributed by atoms with Crippen LogP contribution in [0.5, 0.6) is 5.75 Å². The van der Waals surface area contributed by atoms with Gasteiger partial charge in [-0.25, -0.2) is 4.39 Å². The minimum absolute atomic E-state index is 0.119. The van der Waals surface area contributed by atoms with Crippen LogP contribution >= 0.6 is 27.5 Å². The van der Waals surface area contributed by atoms with E-state index in [1.54, 1.807) is 18.2 Å². The van der Waals surface area contributed by atoms with Gasteiger partial charge in [0.05, 0.1) is 0 Å². The predicted molar refractivity (Wildman–Crippen MR) is 60.4 cm³/mol. The minimum atomic E-state index is -0.953. The number of halogens is 3. The van der Waals surface area contributed by atoms with Crippen molar-refractivity contribution in [2.45, 2.75) is 11.8 Å². The fraction of sp³-hybridized carbons (Fsp3) is 0.300. The summed E-state index contributed by atoms with van der Waals surface area (Å²) in [5.74, 6) is 0.161. The Bertz CT molecular complexity index is 370. The van der Waals surface area contributed by atoms with Crippen LogP contribution in [-0.4, -0.2) is 12.6 Å². The number of rotatable bonds is 4. The fourth-order valence-corrected chi connectivity index (χ4v) is 2.03. The molecule has 0 bridgehead atoms. The Morgan fingerprint density at radius 3 is 2.87 bits per heavy atom. The van der Waals surface area contributed by atoms with Crippen LogP contribution in [0.15, 0.2) is 18.2 Å². The highest BCUT2D eigenvalue weighted by atomic mass is 79.9. The highest BCUT2D eigenvalue weighted by molar-refractivity contribution is 9.09. The lowest BCUT2D eigenvalue weighted by Gasteiger charge is -2.13. The number of ketones is 1. The van der Waals surface area contributed by atoms with Gasteiger partial charge in [-0.1, -0.05) is 33.6 Å². The second-order valence-electron chi connectivity index (χ2n) is 2.88. The van der Waals surface area contributed by atoms with Crippen molar-refractivity contribution >= 4 is 33.3 Å². The van der Waals surface area contributed by atoms with E-state index in [0.29, 0.717) is 10.6 Å². The van der Waals surface area contributed by atoms with Gasteiger partial charge in [-0.05, 0) is 19.1 Å². The Morgan fingerprint density at radius 2 is 2.33 bits per heavy atom. The molecule has 0 aliphatic rings. The van der Waals surface area contributed by atoms with Crippen molar-refractivity contribution in [3.05, 3.63) is 28.8 Å². The summed E-state index contributed by atoms with van der Waals surface area (Å²) in [4.78, 5) is 10.6. The minimum Gasteiger partial charge on any atom is -0.463 e. The maximum Gasteiger partial charge on any atom is 0.228 e. The van der Waals surface area contributed by atoms with E-state index in [9.17, 15) is 9.18 Å². The van der Waals surface area contributed by atoms with Gasteiger partial charge in [-0.3, -0.25) is 4.79 Å². The van der Waals surface area contributed by atoms with Gasteiger partial charge in [0.2, 0.25) is 6.86 Å². The molecule has 0 aliphatic carbocycles. The summed E-state index contributed by atoms with van der Waals surface area (Å²) >= 11 is 9.10. The molecule has 82 valence electrons. The monoisotopic (exact) mass is 294 g/mol. The van der Waals surface area contributed by atoms with Crippen molar-refractivity contribution in [2.24, 2.45) is 0 Å².